The highest BCUT2D eigenvalue weighted by atomic mass is 35.5. The average Bonchev–Trinajstić information content (AvgIpc) is 3.00. The van der Waals surface area contributed by atoms with Crippen LogP contribution in [0.15, 0.2) is 6.20 Å². The maximum Gasteiger partial charge on any atom is 0.0834 e. The Morgan fingerprint density at radius 3 is 2.67 bits per heavy atom. The highest BCUT2D eigenvalue weighted by Gasteiger charge is 2.35. The van der Waals surface area contributed by atoms with E-state index in [9.17, 15) is 0 Å². The molecule has 1 saturated carbocycles. The predicted molar refractivity (Wildman–Crippen MR) is 61.9 cm³/mol. The molecular weight excluding hydrogens is 210 g/mol. The van der Waals surface area contributed by atoms with Gasteiger partial charge in [0.2, 0.25) is 0 Å². The number of rotatable bonds is 4. The van der Waals surface area contributed by atoms with Gasteiger partial charge in [-0.3, -0.25) is 4.68 Å². The fourth-order valence-electron chi connectivity index (χ4n) is 2.31. The van der Waals surface area contributed by atoms with Crippen molar-refractivity contribution in [3.63, 3.8) is 0 Å². The van der Waals surface area contributed by atoms with Crippen LogP contribution in [0.4, 0.5) is 0 Å². The zero-order valence-electron chi connectivity index (χ0n) is 9.50. The Kier molecular flexibility index (Phi) is 3.03. The molecule has 1 aromatic heterocycles. The predicted octanol–water partition coefficient (Wildman–Crippen LogP) is 2.38. The normalized spacial score (nSPS) is 20.3. The van der Waals surface area contributed by atoms with E-state index in [0.29, 0.717) is 12.0 Å². The van der Waals surface area contributed by atoms with Crippen molar-refractivity contribution in [2.75, 3.05) is 7.05 Å². The zero-order chi connectivity index (χ0) is 11.0. The van der Waals surface area contributed by atoms with Gasteiger partial charge in [-0.1, -0.05) is 18.5 Å². The molecule has 15 heavy (non-hydrogen) atoms. The Morgan fingerprint density at radius 1 is 1.60 bits per heavy atom. The summed E-state index contributed by atoms with van der Waals surface area (Å²) in [5.41, 5.74) is 1.11. The summed E-state index contributed by atoms with van der Waals surface area (Å²) >= 11 is 6.16. The molecule has 84 valence electrons. The molecule has 2 atom stereocenters. The number of aromatic nitrogens is 2. The second kappa shape index (κ2) is 4.14. The number of hydrogen-bond donors (Lipinski definition) is 1. The van der Waals surface area contributed by atoms with Gasteiger partial charge in [0.05, 0.1) is 23.0 Å². The quantitative estimate of drug-likeness (QED) is 0.856. The van der Waals surface area contributed by atoms with Crippen LogP contribution in [0.3, 0.4) is 0 Å². The fraction of sp³-hybridized carbons (Fsp3) is 0.727. The van der Waals surface area contributed by atoms with Crippen molar-refractivity contribution in [1.29, 1.82) is 0 Å². The molecule has 2 rings (SSSR count). The van der Waals surface area contributed by atoms with Crippen LogP contribution in [-0.4, -0.2) is 16.8 Å². The number of hydrogen-bond acceptors (Lipinski definition) is 2. The molecule has 0 radical (unpaired) electrons. The first-order chi connectivity index (χ1) is 7.15. The van der Waals surface area contributed by atoms with E-state index in [1.54, 1.807) is 6.20 Å². The first-order valence-corrected chi connectivity index (χ1v) is 5.87. The minimum Gasteiger partial charge on any atom is -0.311 e. The third-order valence-corrected chi connectivity index (χ3v) is 3.73. The molecule has 0 spiro atoms. The van der Waals surface area contributed by atoms with Crippen molar-refractivity contribution in [2.24, 2.45) is 18.9 Å². The van der Waals surface area contributed by atoms with Crippen LogP contribution < -0.4 is 5.32 Å². The maximum absolute atomic E-state index is 6.16. The molecule has 0 saturated heterocycles. The number of halogens is 1. The van der Waals surface area contributed by atoms with Gasteiger partial charge in [0, 0.05) is 7.05 Å². The van der Waals surface area contributed by atoms with Crippen LogP contribution >= 0.6 is 11.6 Å². The molecule has 4 heteroatoms. The lowest BCUT2D eigenvalue weighted by atomic mass is 9.94. The van der Waals surface area contributed by atoms with Crippen LogP contribution in [0.2, 0.25) is 5.02 Å². The fourth-order valence-corrected chi connectivity index (χ4v) is 2.60. The lowest BCUT2D eigenvalue weighted by molar-refractivity contribution is 0.352. The summed E-state index contributed by atoms with van der Waals surface area (Å²) in [6, 6.07) is 0.317. The van der Waals surface area contributed by atoms with E-state index in [2.05, 4.69) is 17.3 Å². The van der Waals surface area contributed by atoms with Crippen molar-refractivity contribution in [3.8, 4) is 0 Å². The number of aryl methyl sites for hydroxylation is 1. The number of nitrogens with zero attached hydrogens (tertiary/aromatic N) is 2. The molecule has 2 unspecified atom stereocenters. The molecule has 1 aliphatic carbocycles. The molecule has 0 aromatic carbocycles. The largest absolute Gasteiger partial charge is 0.311 e. The Hall–Kier alpha value is -0.540. The first kappa shape index (κ1) is 11.0. The highest BCUT2D eigenvalue weighted by molar-refractivity contribution is 6.31. The summed E-state index contributed by atoms with van der Waals surface area (Å²) in [5.74, 6) is 1.48. The van der Waals surface area contributed by atoms with Crippen molar-refractivity contribution in [2.45, 2.75) is 25.8 Å². The third kappa shape index (κ3) is 2.04. The average molecular weight is 228 g/mol. The van der Waals surface area contributed by atoms with Crippen molar-refractivity contribution in [1.82, 2.24) is 15.1 Å². The molecule has 0 bridgehead atoms. The molecule has 1 heterocycles. The summed E-state index contributed by atoms with van der Waals surface area (Å²) in [6.45, 7) is 2.29. The molecule has 1 aliphatic rings. The van der Waals surface area contributed by atoms with Gasteiger partial charge < -0.3 is 5.32 Å². The molecule has 0 amide bonds. The Balaban J connectivity index is 2.25. The third-order valence-electron chi connectivity index (χ3n) is 3.43. The topological polar surface area (TPSA) is 29.9 Å². The van der Waals surface area contributed by atoms with Gasteiger partial charge in [-0.2, -0.15) is 5.10 Å². The monoisotopic (exact) mass is 227 g/mol. The molecule has 0 aliphatic heterocycles. The lowest BCUT2D eigenvalue weighted by Gasteiger charge is -2.24. The van der Waals surface area contributed by atoms with E-state index >= 15 is 0 Å². The van der Waals surface area contributed by atoms with Crippen LogP contribution in [0.1, 0.15) is 31.5 Å². The molecular formula is C11H18ClN3. The lowest BCUT2D eigenvalue weighted by Crippen LogP contribution is -2.27. The first-order valence-electron chi connectivity index (χ1n) is 5.49. The summed E-state index contributed by atoms with van der Waals surface area (Å²) in [5, 5.41) is 8.32. The van der Waals surface area contributed by atoms with Gasteiger partial charge in [0.25, 0.3) is 0 Å². The van der Waals surface area contributed by atoms with E-state index in [0.717, 1.165) is 16.6 Å². The van der Waals surface area contributed by atoms with Crippen LogP contribution in [0.5, 0.6) is 0 Å². The Labute approximate surface area is 95.8 Å². The summed E-state index contributed by atoms with van der Waals surface area (Å²) < 4.78 is 1.88. The standard InChI is InChI=1S/C11H18ClN3/c1-7(8-4-5-8)10(13-2)11-9(12)6-14-15(11)3/h6-8,10,13H,4-5H2,1-3H3. The number of nitrogens with one attached hydrogen (secondary N) is 1. The molecule has 1 aromatic rings. The maximum atomic E-state index is 6.16. The van der Waals surface area contributed by atoms with E-state index in [1.165, 1.54) is 12.8 Å². The van der Waals surface area contributed by atoms with Gasteiger partial charge in [-0.25, -0.2) is 0 Å². The Bertz CT molecular complexity index is 324. The van der Waals surface area contributed by atoms with Crippen LogP contribution in [-0.2, 0) is 7.05 Å². The second-order valence-corrected chi connectivity index (χ2v) is 4.87. The van der Waals surface area contributed by atoms with Crippen LogP contribution in [0.25, 0.3) is 0 Å². The smallest absolute Gasteiger partial charge is 0.0834 e. The highest BCUT2D eigenvalue weighted by Crippen LogP contribution is 2.43. The van der Waals surface area contributed by atoms with E-state index in [4.69, 9.17) is 11.6 Å². The van der Waals surface area contributed by atoms with Crippen molar-refractivity contribution in [3.05, 3.63) is 16.9 Å². The Morgan fingerprint density at radius 2 is 2.27 bits per heavy atom. The van der Waals surface area contributed by atoms with E-state index < -0.39 is 0 Å². The van der Waals surface area contributed by atoms with Crippen molar-refractivity contribution >= 4 is 11.6 Å². The second-order valence-electron chi connectivity index (χ2n) is 4.46. The van der Waals surface area contributed by atoms with E-state index in [1.807, 2.05) is 18.8 Å². The summed E-state index contributed by atoms with van der Waals surface area (Å²) in [7, 11) is 3.94. The summed E-state index contributed by atoms with van der Waals surface area (Å²) in [6.07, 6.45) is 4.44. The molecule has 1 N–H and O–H groups in total. The van der Waals surface area contributed by atoms with Gasteiger partial charge >= 0.3 is 0 Å². The van der Waals surface area contributed by atoms with Gasteiger partial charge in [-0.05, 0) is 31.7 Å². The van der Waals surface area contributed by atoms with Crippen molar-refractivity contribution < 1.29 is 0 Å². The van der Waals surface area contributed by atoms with Crippen LogP contribution in [0, 0.1) is 11.8 Å². The SMILES string of the molecule is CNC(c1c(Cl)cnn1C)C(C)C1CC1. The summed E-state index contributed by atoms with van der Waals surface area (Å²) in [4.78, 5) is 0. The zero-order valence-corrected chi connectivity index (χ0v) is 10.3. The van der Waals surface area contributed by atoms with E-state index in [-0.39, 0.29) is 0 Å². The minimum atomic E-state index is 0.317. The van der Waals surface area contributed by atoms with Gasteiger partial charge in [0.15, 0.2) is 0 Å². The molecule has 3 nitrogen and oxygen atoms in total. The van der Waals surface area contributed by atoms with Gasteiger partial charge in [-0.15, -0.1) is 0 Å². The van der Waals surface area contributed by atoms with Gasteiger partial charge in [0.1, 0.15) is 0 Å². The molecule has 1 fully saturated rings. The minimum absolute atomic E-state index is 0.317.